The van der Waals surface area contributed by atoms with Crippen molar-refractivity contribution in [3.8, 4) is 11.3 Å². The highest BCUT2D eigenvalue weighted by molar-refractivity contribution is 5.96. The number of hydrogen-bond donors (Lipinski definition) is 2. The molecule has 94 valence electrons. The monoisotopic (exact) mass is 244 g/mol. The van der Waals surface area contributed by atoms with Crippen molar-refractivity contribution in [2.24, 2.45) is 7.05 Å². The fraction of sp³-hybridized carbons (Fsp3) is 0.231. The number of nitrogens with one attached hydrogen (secondary N) is 1. The van der Waals surface area contributed by atoms with Crippen molar-refractivity contribution in [2.45, 2.75) is 6.92 Å². The number of carbonyl (C=O) groups excluding carboxylic acids is 1. The fourth-order valence-corrected chi connectivity index (χ4v) is 2.01. The number of amides is 1. The van der Waals surface area contributed by atoms with Crippen LogP contribution in [0.2, 0.25) is 0 Å². The van der Waals surface area contributed by atoms with Gasteiger partial charge < -0.3 is 11.1 Å². The zero-order chi connectivity index (χ0) is 13.3. The number of benzene rings is 1. The molecule has 18 heavy (non-hydrogen) atoms. The standard InChI is InChI=1S/C13H16N4O/c1-8-6-9(4-5-10(8)13(18)15-2)12-11(14)7-16-17(12)3/h4-7H,14H2,1-3H3,(H,15,18). The third-order valence-electron chi connectivity index (χ3n) is 2.94. The molecule has 1 aromatic carbocycles. The number of nitrogens with zero attached hydrogens (tertiary/aromatic N) is 2. The Morgan fingerprint density at radius 1 is 1.44 bits per heavy atom. The smallest absolute Gasteiger partial charge is 0.251 e. The summed E-state index contributed by atoms with van der Waals surface area (Å²) in [4.78, 5) is 11.6. The Labute approximate surface area is 106 Å². The molecule has 0 spiro atoms. The second-order valence-electron chi connectivity index (χ2n) is 4.18. The SMILES string of the molecule is CNC(=O)c1ccc(-c2c(N)cnn2C)cc1C. The minimum atomic E-state index is -0.0861. The van der Waals surface area contributed by atoms with Crippen LogP contribution in [-0.4, -0.2) is 22.7 Å². The van der Waals surface area contributed by atoms with Crippen molar-refractivity contribution >= 4 is 11.6 Å². The van der Waals surface area contributed by atoms with Gasteiger partial charge in [0, 0.05) is 25.2 Å². The van der Waals surface area contributed by atoms with Crippen LogP contribution < -0.4 is 11.1 Å². The van der Waals surface area contributed by atoms with Crippen molar-refractivity contribution in [3.63, 3.8) is 0 Å². The topological polar surface area (TPSA) is 72.9 Å². The normalized spacial score (nSPS) is 10.4. The molecule has 0 saturated heterocycles. The number of nitrogen functional groups attached to an aromatic ring is 1. The first kappa shape index (κ1) is 12.2. The van der Waals surface area contributed by atoms with Crippen LogP contribution in [0.4, 0.5) is 5.69 Å². The Bertz CT molecular complexity index is 582. The van der Waals surface area contributed by atoms with Gasteiger partial charge in [0.25, 0.3) is 5.91 Å². The van der Waals surface area contributed by atoms with Gasteiger partial charge in [0.1, 0.15) is 0 Å². The lowest BCUT2D eigenvalue weighted by atomic mass is 10.0. The summed E-state index contributed by atoms with van der Waals surface area (Å²) in [6.45, 7) is 1.90. The number of carbonyl (C=O) groups is 1. The summed E-state index contributed by atoms with van der Waals surface area (Å²) in [5.41, 5.74) is 9.91. The first-order valence-corrected chi connectivity index (χ1v) is 5.65. The van der Waals surface area contributed by atoms with Crippen LogP contribution in [0.5, 0.6) is 0 Å². The maximum absolute atomic E-state index is 11.6. The average Bonchev–Trinajstić information content (AvgIpc) is 2.68. The van der Waals surface area contributed by atoms with Crippen LogP contribution in [0.1, 0.15) is 15.9 Å². The molecule has 1 amide bonds. The molecule has 0 saturated carbocycles. The third-order valence-corrected chi connectivity index (χ3v) is 2.94. The van der Waals surface area contributed by atoms with Gasteiger partial charge >= 0.3 is 0 Å². The van der Waals surface area contributed by atoms with E-state index in [9.17, 15) is 4.79 Å². The van der Waals surface area contributed by atoms with E-state index in [-0.39, 0.29) is 5.91 Å². The summed E-state index contributed by atoms with van der Waals surface area (Å²) in [5.74, 6) is -0.0861. The van der Waals surface area contributed by atoms with Gasteiger partial charge in [0.2, 0.25) is 0 Å². The summed E-state index contributed by atoms with van der Waals surface area (Å²) in [5, 5.41) is 6.73. The lowest BCUT2D eigenvalue weighted by Gasteiger charge is -2.08. The summed E-state index contributed by atoms with van der Waals surface area (Å²) in [6.07, 6.45) is 1.62. The lowest BCUT2D eigenvalue weighted by molar-refractivity contribution is 0.0962. The minimum Gasteiger partial charge on any atom is -0.396 e. The van der Waals surface area contributed by atoms with Crippen molar-refractivity contribution in [3.05, 3.63) is 35.5 Å². The number of aromatic nitrogens is 2. The third kappa shape index (κ3) is 1.95. The van der Waals surface area contributed by atoms with E-state index in [2.05, 4.69) is 10.4 Å². The summed E-state index contributed by atoms with van der Waals surface area (Å²) >= 11 is 0. The van der Waals surface area contributed by atoms with Gasteiger partial charge in [-0.3, -0.25) is 9.48 Å². The molecule has 2 aromatic rings. The van der Waals surface area contributed by atoms with Gasteiger partial charge in [-0.25, -0.2) is 0 Å². The van der Waals surface area contributed by atoms with Gasteiger partial charge in [0.05, 0.1) is 17.6 Å². The zero-order valence-corrected chi connectivity index (χ0v) is 10.7. The van der Waals surface area contributed by atoms with Crippen LogP contribution in [0.25, 0.3) is 11.3 Å². The van der Waals surface area contributed by atoms with E-state index in [1.54, 1.807) is 24.0 Å². The predicted molar refractivity (Wildman–Crippen MR) is 71.2 cm³/mol. The molecule has 0 atom stereocenters. The number of nitrogens with two attached hydrogens (primary N) is 1. The van der Waals surface area contributed by atoms with Gasteiger partial charge in [-0.1, -0.05) is 6.07 Å². The first-order chi connectivity index (χ1) is 8.54. The maximum atomic E-state index is 11.6. The van der Waals surface area contributed by atoms with Crippen molar-refractivity contribution in [1.29, 1.82) is 0 Å². The van der Waals surface area contributed by atoms with Crippen molar-refractivity contribution < 1.29 is 4.79 Å². The number of rotatable bonds is 2. The van der Waals surface area contributed by atoms with E-state index in [1.165, 1.54) is 0 Å². The molecule has 0 unspecified atom stereocenters. The second kappa shape index (κ2) is 4.52. The maximum Gasteiger partial charge on any atom is 0.251 e. The molecule has 5 heteroatoms. The van der Waals surface area contributed by atoms with E-state index >= 15 is 0 Å². The van der Waals surface area contributed by atoms with Gasteiger partial charge in [-0.2, -0.15) is 5.10 Å². The molecule has 0 bridgehead atoms. The number of hydrogen-bond acceptors (Lipinski definition) is 3. The summed E-state index contributed by atoms with van der Waals surface area (Å²) < 4.78 is 1.73. The minimum absolute atomic E-state index is 0.0861. The highest BCUT2D eigenvalue weighted by Crippen LogP contribution is 2.26. The molecular formula is C13H16N4O. The fourth-order valence-electron chi connectivity index (χ4n) is 2.01. The predicted octanol–water partition coefficient (Wildman–Crippen LogP) is 1.34. The number of aryl methyl sites for hydroxylation is 2. The van der Waals surface area contributed by atoms with Crippen molar-refractivity contribution in [2.75, 3.05) is 12.8 Å². The van der Waals surface area contributed by atoms with Crippen LogP contribution in [-0.2, 0) is 7.05 Å². The lowest BCUT2D eigenvalue weighted by Crippen LogP contribution is -2.18. The van der Waals surface area contributed by atoms with Crippen LogP contribution in [0.15, 0.2) is 24.4 Å². The molecule has 0 fully saturated rings. The molecule has 2 rings (SSSR count). The van der Waals surface area contributed by atoms with Crippen LogP contribution in [0.3, 0.4) is 0 Å². The molecule has 0 radical (unpaired) electrons. The number of anilines is 1. The zero-order valence-electron chi connectivity index (χ0n) is 10.7. The molecule has 0 aliphatic carbocycles. The Morgan fingerprint density at radius 2 is 2.17 bits per heavy atom. The van der Waals surface area contributed by atoms with E-state index in [0.29, 0.717) is 11.3 Å². The molecule has 5 nitrogen and oxygen atoms in total. The highest BCUT2D eigenvalue weighted by Gasteiger charge is 2.12. The molecule has 0 aliphatic heterocycles. The Morgan fingerprint density at radius 3 is 2.67 bits per heavy atom. The molecular weight excluding hydrogens is 228 g/mol. The molecule has 0 aliphatic rings. The summed E-state index contributed by atoms with van der Waals surface area (Å²) in [6, 6.07) is 5.62. The average molecular weight is 244 g/mol. The first-order valence-electron chi connectivity index (χ1n) is 5.65. The molecule has 1 heterocycles. The van der Waals surface area contributed by atoms with Crippen molar-refractivity contribution in [1.82, 2.24) is 15.1 Å². The quantitative estimate of drug-likeness (QED) is 0.837. The van der Waals surface area contributed by atoms with Gasteiger partial charge in [-0.05, 0) is 24.6 Å². The van der Waals surface area contributed by atoms with E-state index in [4.69, 9.17) is 5.73 Å². The van der Waals surface area contributed by atoms with Gasteiger partial charge in [-0.15, -0.1) is 0 Å². The molecule has 1 aromatic heterocycles. The Kier molecular flexibility index (Phi) is 3.06. The second-order valence-corrected chi connectivity index (χ2v) is 4.18. The van der Waals surface area contributed by atoms with Crippen LogP contribution in [0, 0.1) is 6.92 Å². The van der Waals surface area contributed by atoms with E-state index in [0.717, 1.165) is 16.8 Å². The summed E-state index contributed by atoms with van der Waals surface area (Å²) in [7, 11) is 3.46. The highest BCUT2D eigenvalue weighted by atomic mass is 16.1. The Hall–Kier alpha value is -2.30. The Balaban J connectivity index is 2.50. The molecule has 3 N–H and O–H groups in total. The van der Waals surface area contributed by atoms with E-state index < -0.39 is 0 Å². The van der Waals surface area contributed by atoms with E-state index in [1.807, 2.05) is 26.1 Å². The largest absolute Gasteiger partial charge is 0.396 e. The van der Waals surface area contributed by atoms with Crippen LogP contribution >= 0.6 is 0 Å². The van der Waals surface area contributed by atoms with Gasteiger partial charge in [0.15, 0.2) is 0 Å².